The van der Waals surface area contributed by atoms with Crippen LogP contribution in [-0.2, 0) is 25.5 Å². The molecule has 5 heteroatoms. The minimum Gasteiger partial charge on any atom is -0.453 e. The molecule has 0 saturated heterocycles. The summed E-state index contributed by atoms with van der Waals surface area (Å²) in [6.07, 6.45) is 1.54. The van der Waals surface area contributed by atoms with Gasteiger partial charge in [-0.1, -0.05) is 18.2 Å². The molecule has 0 spiro atoms. The van der Waals surface area contributed by atoms with Gasteiger partial charge in [0.1, 0.15) is 0 Å². The molecule has 2 heterocycles. The molecule has 0 aliphatic carbocycles. The molecule has 2 unspecified atom stereocenters. The highest BCUT2D eigenvalue weighted by Gasteiger charge is 2.34. The minimum absolute atomic E-state index is 0.499. The third kappa shape index (κ3) is 1.95. The molecule has 0 saturated carbocycles. The number of carbonyl (C=O) groups excluding carboxylic acids is 2. The van der Waals surface area contributed by atoms with Gasteiger partial charge in [0.05, 0.1) is 0 Å². The third-order valence-corrected chi connectivity index (χ3v) is 2.94. The first kappa shape index (κ1) is 10.8. The molecule has 0 bridgehead atoms. The zero-order chi connectivity index (χ0) is 12.5. The first-order valence-corrected chi connectivity index (χ1v) is 5.66. The number of nitrogens with one attached hydrogen (secondary N) is 1. The van der Waals surface area contributed by atoms with Crippen molar-refractivity contribution < 1.29 is 19.1 Å². The smallest absolute Gasteiger partial charge is 0.333 e. The van der Waals surface area contributed by atoms with Crippen LogP contribution in [0.4, 0.5) is 5.69 Å². The lowest BCUT2D eigenvalue weighted by atomic mass is 10.00. The Hall–Kier alpha value is -2.30. The van der Waals surface area contributed by atoms with Gasteiger partial charge in [-0.15, -0.1) is 0 Å². The topological polar surface area (TPSA) is 64.6 Å². The van der Waals surface area contributed by atoms with Crippen LogP contribution < -0.4 is 5.32 Å². The van der Waals surface area contributed by atoms with Gasteiger partial charge in [-0.05, 0) is 11.6 Å². The summed E-state index contributed by atoms with van der Waals surface area (Å²) in [5.41, 5.74) is 1.93. The van der Waals surface area contributed by atoms with E-state index in [0.717, 1.165) is 23.4 Å². The third-order valence-electron chi connectivity index (χ3n) is 2.94. The summed E-state index contributed by atoms with van der Waals surface area (Å²) in [6.45, 7) is 0. The van der Waals surface area contributed by atoms with Crippen LogP contribution in [0.1, 0.15) is 5.56 Å². The fourth-order valence-electron chi connectivity index (χ4n) is 2.11. The Kier molecular flexibility index (Phi) is 2.51. The van der Waals surface area contributed by atoms with Crippen LogP contribution in [0.5, 0.6) is 0 Å². The fraction of sp³-hybridized carbons (Fsp3) is 0.231. The van der Waals surface area contributed by atoms with Crippen molar-refractivity contribution in [1.29, 1.82) is 0 Å². The molecule has 3 rings (SSSR count). The molecule has 1 aromatic rings. The van der Waals surface area contributed by atoms with E-state index < -0.39 is 24.3 Å². The maximum atomic E-state index is 11.4. The van der Waals surface area contributed by atoms with Crippen LogP contribution in [0.15, 0.2) is 36.4 Å². The second-order valence-corrected chi connectivity index (χ2v) is 4.17. The SMILES string of the molecule is O=C1/C=C\C(=O)OC2Nc3ccccc3CC2O1. The number of carbonyl (C=O) groups is 2. The summed E-state index contributed by atoms with van der Waals surface area (Å²) < 4.78 is 10.4. The van der Waals surface area contributed by atoms with Gasteiger partial charge >= 0.3 is 11.9 Å². The Bertz CT molecular complexity index is 491. The molecule has 0 fully saturated rings. The number of fused-ring (bicyclic) bond motifs is 2. The van der Waals surface area contributed by atoms with Crippen molar-refractivity contribution in [2.45, 2.75) is 18.8 Å². The quantitative estimate of drug-likeness (QED) is 0.691. The molecular formula is C13H11NO4. The van der Waals surface area contributed by atoms with Gasteiger partial charge in [0.2, 0.25) is 6.23 Å². The van der Waals surface area contributed by atoms with Crippen molar-refractivity contribution in [1.82, 2.24) is 0 Å². The molecule has 2 atom stereocenters. The van der Waals surface area contributed by atoms with Crippen LogP contribution in [0.2, 0.25) is 0 Å². The highest BCUT2D eigenvalue weighted by molar-refractivity contribution is 5.92. The van der Waals surface area contributed by atoms with Crippen molar-refractivity contribution >= 4 is 17.6 Å². The van der Waals surface area contributed by atoms with Gasteiger partial charge in [0.15, 0.2) is 6.10 Å². The monoisotopic (exact) mass is 245 g/mol. The van der Waals surface area contributed by atoms with Gasteiger partial charge in [-0.3, -0.25) is 0 Å². The average molecular weight is 245 g/mol. The maximum absolute atomic E-state index is 11.4. The molecule has 92 valence electrons. The van der Waals surface area contributed by atoms with E-state index in [1.54, 1.807) is 0 Å². The van der Waals surface area contributed by atoms with E-state index in [0.29, 0.717) is 6.42 Å². The van der Waals surface area contributed by atoms with Crippen molar-refractivity contribution in [3.05, 3.63) is 42.0 Å². The Balaban J connectivity index is 1.92. The molecule has 0 amide bonds. The van der Waals surface area contributed by atoms with Crippen LogP contribution >= 0.6 is 0 Å². The average Bonchev–Trinajstić information content (AvgIpc) is 2.35. The molecule has 18 heavy (non-hydrogen) atoms. The summed E-state index contributed by atoms with van der Waals surface area (Å²) in [4.78, 5) is 22.8. The van der Waals surface area contributed by atoms with E-state index in [4.69, 9.17) is 9.47 Å². The van der Waals surface area contributed by atoms with Crippen molar-refractivity contribution in [3.63, 3.8) is 0 Å². The van der Waals surface area contributed by atoms with Crippen LogP contribution in [0, 0.1) is 0 Å². The van der Waals surface area contributed by atoms with Crippen molar-refractivity contribution in [2.24, 2.45) is 0 Å². The van der Waals surface area contributed by atoms with Crippen molar-refractivity contribution in [3.8, 4) is 0 Å². The second kappa shape index (κ2) is 4.18. The van der Waals surface area contributed by atoms with E-state index >= 15 is 0 Å². The number of hydrogen-bond donors (Lipinski definition) is 1. The van der Waals surface area contributed by atoms with Gasteiger partial charge in [0.25, 0.3) is 0 Å². The largest absolute Gasteiger partial charge is 0.453 e. The number of benzene rings is 1. The Morgan fingerprint density at radius 3 is 2.61 bits per heavy atom. The second-order valence-electron chi connectivity index (χ2n) is 4.17. The fourth-order valence-corrected chi connectivity index (χ4v) is 2.11. The number of rotatable bonds is 0. The maximum Gasteiger partial charge on any atom is 0.333 e. The number of esters is 2. The lowest BCUT2D eigenvalue weighted by Gasteiger charge is -2.33. The van der Waals surface area contributed by atoms with Crippen molar-refractivity contribution in [2.75, 3.05) is 5.32 Å². The Labute approximate surface area is 103 Å². The van der Waals surface area contributed by atoms with Gasteiger partial charge in [-0.2, -0.15) is 0 Å². The summed E-state index contributed by atoms with van der Waals surface area (Å²) in [7, 11) is 0. The molecule has 0 radical (unpaired) electrons. The lowest BCUT2D eigenvalue weighted by Crippen LogP contribution is -2.45. The van der Waals surface area contributed by atoms with Gasteiger partial charge in [-0.25, -0.2) is 9.59 Å². The van der Waals surface area contributed by atoms with E-state index in [2.05, 4.69) is 5.32 Å². The summed E-state index contributed by atoms with van der Waals surface area (Å²) in [5.74, 6) is -1.07. The zero-order valence-electron chi connectivity index (χ0n) is 9.46. The molecule has 0 aromatic heterocycles. The van der Waals surface area contributed by atoms with E-state index in [1.807, 2.05) is 24.3 Å². The van der Waals surface area contributed by atoms with Gasteiger partial charge < -0.3 is 14.8 Å². The predicted octanol–water partition coefficient (Wildman–Crippen LogP) is 1.01. The first-order valence-electron chi connectivity index (χ1n) is 5.66. The molecule has 5 nitrogen and oxygen atoms in total. The number of ether oxygens (including phenoxy) is 2. The molecule has 1 aromatic carbocycles. The Morgan fingerprint density at radius 1 is 1.06 bits per heavy atom. The van der Waals surface area contributed by atoms with Gasteiger partial charge in [0, 0.05) is 24.3 Å². The lowest BCUT2D eigenvalue weighted by molar-refractivity contribution is -0.161. The zero-order valence-corrected chi connectivity index (χ0v) is 9.46. The van der Waals surface area contributed by atoms with Crippen LogP contribution in [0.3, 0.4) is 0 Å². The minimum atomic E-state index is -0.638. The number of hydrogen-bond acceptors (Lipinski definition) is 5. The normalized spacial score (nSPS) is 27.6. The Morgan fingerprint density at radius 2 is 1.78 bits per heavy atom. The molecular weight excluding hydrogens is 234 g/mol. The number of anilines is 1. The standard InChI is InChI=1S/C13H11NO4/c15-11-5-6-12(16)18-13-10(17-11)7-8-3-1-2-4-9(8)14-13/h1-6,10,13-14H,7H2/b6-5-. The highest BCUT2D eigenvalue weighted by Crippen LogP contribution is 2.27. The first-order chi connectivity index (χ1) is 8.72. The van der Waals surface area contributed by atoms with Crippen LogP contribution in [-0.4, -0.2) is 24.3 Å². The van der Waals surface area contributed by atoms with E-state index in [9.17, 15) is 9.59 Å². The summed E-state index contributed by atoms with van der Waals surface area (Å²) >= 11 is 0. The molecule has 1 N–H and O–H groups in total. The van der Waals surface area contributed by atoms with Crippen LogP contribution in [0.25, 0.3) is 0 Å². The van der Waals surface area contributed by atoms with E-state index in [1.165, 1.54) is 0 Å². The number of para-hydroxylation sites is 1. The van der Waals surface area contributed by atoms with E-state index in [-0.39, 0.29) is 0 Å². The molecule has 2 aliphatic rings. The summed E-state index contributed by atoms with van der Waals surface area (Å²) in [5, 5.41) is 3.06. The predicted molar refractivity (Wildman–Crippen MR) is 62.7 cm³/mol. The highest BCUT2D eigenvalue weighted by atomic mass is 16.6. The summed E-state index contributed by atoms with van der Waals surface area (Å²) in [6, 6.07) is 7.65. The molecule has 2 aliphatic heterocycles.